The molecule has 1 unspecified atom stereocenters. The highest BCUT2D eigenvalue weighted by Gasteiger charge is 2.45. The van der Waals surface area contributed by atoms with Crippen LogP contribution >= 0.6 is 0 Å². The minimum atomic E-state index is -0.809. The van der Waals surface area contributed by atoms with Crippen LogP contribution in [0.3, 0.4) is 0 Å². The smallest absolute Gasteiger partial charge is 0.317 e. The van der Waals surface area contributed by atoms with Gasteiger partial charge in [0.2, 0.25) is 0 Å². The standard InChI is InChI=1S/C14H24N2O4/c1-2-14(12(18)19)7-8-16(9-14)13(20)15-10-3-5-11(17)6-4-10/h10-11,17H,2-9H2,1H3,(H,15,20)(H,18,19). The molecule has 2 amide bonds. The second-order valence-electron chi connectivity index (χ2n) is 6.07. The second kappa shape index (κ2) is 5.99. The van der Waals surface area contributed by atoms with Crippen LogP contribution in [0.25, 0.3) is 0 Å². The third kappa shape index (κ3) is 3.06. The van der Waals surface area contributed by atoms with Crippen molar-refractivity contribution < 1.29 is 19.8 Å². The van der Waals surface area contributed by atoms with E-state index in [4.69, 9.17) is 0 Å². The SMILES string of the molecule is CCC1(C(=O)O)CCN(C(=O)NC2CCC(O)CC2)C1. The van der Waals surface area contributed by atoms with Gasteiger partial charge in [0.25, 0.3) is 0 Å². The van der Waals surface area contributed by atoms with Crippen molar-refractivity contribution in [1.82, 2.24) is 10.2 Å². The number of hydrogen-bond donors (Lipinski definition) is 3. The van der Waals surface area contributed by atoms with Crippen LogP contribution < -0.4 is 5.32 Å². The summed E-state index contributed by atoms with van der Waals surface area (Å²) in [5.74, 6) is -0.809. The first-order valence-electron chi connectivity index (χ1n) is 7.44. The summed E-state index contributed by atoms with van der Waals surface area (Å²) in [6.07, 6.45) is 3.85. The highest BCUT2D eigenvalue weighted by molar-refractivity contribution is 5.79. The zero-order valence-electron chi connectivity index (χ0n) is 12.0. The zero-order chi connectivity index (χ0) is 14.8. The molecule has 1 saturated heterocycles. The molecule has 0 aromatic rings. The van der Waals surface area contributed by atoms with Gasteiger partial charge in [-0.15, -0.1) is 0 Å². The molecule has 6 heteroatoms. The molecule has 6 nitrogen and oxygen atoms in total. The van der Waals surface area contributed by atoms with Crippen LogP contribution in [-0.4, -0.2) is 52.3 Å². The zero-order valence-corrected chi connectivity index (χ0v) is 12.0. The Morgan fingerprint density at radius 2 is 1.95 bits per heavy atom. The molecule has 3 N–H and O–H groups in total. The van der Waals surface area contributed by atoms with Gasteiger partial charge in [0.05, 0.1) is 11.5 Å². The number of nitrogens with one attached hydrogen (secondary N) is 1. The Labute approximate surface area is 119 Å². The largest absolute Gasteiger partial charge is 0.481 e. The number of likely N-dealkylation sites (tertiary alicyclic amines) is 1. The molecule has 2 aliphatic rings. The van der Waals surface area contributed by atoms with Gasteiger partial charge in [-0.1, -0.05) is 6.92 Å². The Morgan fingerprint density at radius 3 is 2.45 bits per heavy atom. The van der Waals surface area contributed by atoms with Crippen LogP contribution in [0, 0.1) is 5.41 Å². The van der Waals surface area contributed by atoms with Gasteiger partial charge in [0.15, 0.2) is 0 Å². The average Bonchev–Trinajstić information content (AvgIpc) is 2.87. The van der Waals surface area contributed by atoms with Crippen LogP contribution in [0.1, 0.15) is 45.4 Å². The summed E-state index contributed by atoms with van der Waals surface area (Å²) < 4.78 is 0. The first kappa shape index (κ1) is 15.1. The number of carboxylic acids is 1. The van der Waals surface area contributed by atoms with Crippen molar-refractivity contribution in [2.45, 2.75) is 57.6 Å². The number of amides is 2. The topological polar surface area (TPSA) is 89.9 Å². The molecule has 0 bridgehead atoms. The third-order valence-electron chi connectivity index (χ3n) is 4.80. The monoisotopic (exact) mass is 284 g/mol. The Hall–Kier alpha value is -1.30. The van der Waals surface area contributed by atoms with E-state index in [0.717, 1.165) is 25.7 Å². The molecular formula is C14H24N2O4. The Kier molecular flexibility index (Phi) is 4.52. The number of carboxylic acid groups (broad SMARTS) is 1. The fourth-order valence-corrected chi connectivity index (χ4v) is 3.15. The maximum atomic E-state index is 12.2. The van der Waals surface area contributed by atoms with E-state index in [2.05, 4.69) is 5.32 Å². The molecule has 1 heterocycles. The lowest BCUT2D eigenvalue weighted by Gasteiger charge is -2.29. The summed E-state index contributed by atoms with van der Waals surface area (Å²) in [6, 6.07) is -0.0599. The number of aliphatic hydroxyl groups excluding tert-OH is 1. The minimum absolute atomic E-state index is 0.104. The number of aliphatic hydroxyl groups is 1. The summed E-state index contributed by atoms with van der Waals surface area (Å²) in [6.45, 7) is 2.65. The molecule has 0 spiro atoms. The molecule has 20 heavy (non-hydrogen) atoms. The molecule has 114 valence electrons. The van der Waals surface area contributed by atoms with E-state index in [-0.39, 0.29) is 18.2 Å². The molecular weight excluding hydrogens is 260 g/mol. The fraction of sp³-hybridized carbons (Fsp3) is 0.857. The quantitative estimate of drug-likeness (QED) is 0.726. The predicted octanol–water partition coefficient (Wildman–Crippen LogP) is 1.19. The van der Waals surface area contributed by atoms with E-state index in [1.165, 1.54) is 0 Å². The van der Waals surface area contributed by atoms with Gasteiger partial charge >= 0.3 is 12.0 Å². The molecule has 1 atom stereocenters. The highest BCUT2D eigenvalue weighted by atomic mass is 16.4. The van der Waals surface area contributed by atoms with Crippen molar-refractivity contribution in [3.05, 3.63) is 0 Å². The van der Waals surface area contributed by atoms with Crippen LogP contribution in [0.2, 0.25) is 0 Å². The van der Waals surface area contributed by atoms with E-state index in [1.807, 2.05) is 6.92 Å². The number of carbonyl (C=O) groups is 2. The predicted molar refractivity (Wildman–Crippen MR) is 73.3 cm³/mol. The maximum absolute atomic E-state index is 12.2. The molecule has 2 rings (SSSR count). The number of nitrogens with zero attached hydrogens (tertiary/aromatic N) is 1. The number of aliphatic carboxylic acids is 1. The van der Waals surface area contributed by atoms with Gasteiger partial charge in [-0.25, -0.2) is 4.79 Å². The van der Waals surface area contributed by atoms with Crippen molar-refractivity contribution >= 4 is 12.0 Å². The Balaban J connectivity index is 1.87. The van der Waals surface area contributed by atoms with Crippen molar-refractivity contribution in [2.24, 2.45) is 5.41 Å². The fourth-order valence-electron chi connectivity index (χ4n) is 3.15. The molecule has 0 radical (unpaired) electrons. The lowest BCUT2D eigenvalue weighted by atomic mass is 9.84. The summed E-state index contributed by atoms with van der Waals surface area (Å²) >= 11 is 0. The summed E-state index contributed by atoms with van der Waals surface area (Å²) in [5.41, 5.74) is -0.778. The normalized spacial score (nSPS) is 34.0. The van der Waals surface area contributed by atoms with Crippen molar-refractivity contribution in [3.63, 3.8) is 0 Å². The summed E-state index contributed by atoms with van der Waals surface area (Å²) in [7, 11) is 0. The average molecular weight is 284 g/mol. The van der Waals surface area contributed by atoms with Crippen molar-refractivity contribution in [2.75, 3.05) is 13.1 Å². The lowest BCUT2D eigenvalue weighted by Crippen LogP contribution is -2.46. The van der Waals surface area contributed by atoms with Gasteiger partial charge in [-0.3, -0.25) is 4.79 Å². The first-order valence-corrected chi connectivity index (χ1v) is 7.44. The van der Waals surface area contributed by atoms with Crippen LogP contribution in [0.4, 0.5) is 4.79 Å². The Morgan fingerprint density at radius 1 is 1.30 bits per heavy atom. The van der Waals surface area contributed by atoms with Crippen LogP contribution in [0.15, 0.2) is 0 Å². The van der Waals surface area contributed by atoms with Crippen molar-refractivity contribution in [3.8, 4) is 0 Å². The second-order valence-corrected chi connectivity index (χ2v) is 6.07. The molecule has 1 aliphatic heterocycles. The highest BCUT2D eigenvalue weighted by Crippen LogP contribution is 2.34. The minimum Gasteiger partial charge on any atom is -0.481 e. The van der Waals surface area contributed by atoms with Crippen LogP contribution in [0.5, 0.6) is 0 Å². The van der Waals surface area contributed by atoms with Gasteiger partial charge < -0.3 is 20.4 Å². The molecule has 1 saturated carbocycles. The van der Waals surface area contributed by atoms with E-state index in [9.17, 15) is 19.8 Å². The van der Waals surface area contributed by atoms with E-state index < -0.39 is 11.4 Å². The van der Waals surface area contributed by atoms with Gasteiger partial charge in [-0.05, 0) is 38.5 Å². The molecule has 1 aliphatic carbocycles. The van der Waals surface area contributed by atoms with Gasteiger partial charge in [0, 0.05) is 19.1 Å². The summed E-state index contributed by atoms with van der Waals surface area (Å²) in [4.78, 5) is 25.2. The number of carbonyl (C=O) groups excluding carboxylic acids is 1. The van der Waals surface area contributed by atoms with Gasteiger partial charge in [-0.2, -0.15) is 0 Å². The molecule has 0 aromatic carbocycles. The number of rotatable bonds is 3. The number of urea groups is 1. The van der Waals surface area contributed by atoms with Crippen molar-refractivity contribution in [1.29, 1.82) is 0 Å². The molecule has 0 aromatic heterocycles. The molecule has 2 fully saturated rings. The van der Waals surface area contributed by atoms with Crippen LogP contribution in [-0.2, 0) is 4.79 Å². The lowest BCUT2D eigenvalue weighted by molar-refractivity contribution is -0.148. The first-order chi connectivity index (χ1) is 9.47. The number of hydrogen-bond acceptors (Lipinski definition) is 3. The third-order valence-corrected chi connectivity index (χ3v) is 4.80. The van der Waals surface area contributed by atoms with E-state index in [1.54, 1.807) is 4.90 Å². The van der Waals surface area contributed by atoms with E-state index in [0.29, 0.717) is 25.9 Å². The summed E-state index contributed by atoms with van der Waals surface area (Å²) in [5, 5.41) is 21.7. The van der Waals surface area contributed by atoms with E-state index >= 15 is 0 Å². The maximum Gasteiger partial charge on any atom is 0.317 e. The Bertz CT molecular complexity index is 379. The van der Waals surface area contributed by atoms with Gasteiger partial charge in [0.1, 0.15) is 0 Å².